The molecule has 1 N–H and O–H groups in total. The molecular formula is C25H22N2O5. The van der Waals surface area contributed by atoms with Gasteiger partial charge in [-0.3, -0.25) is 9.78 Å². The van der Waals surface area contributed by atoms with Crippen molar-refractivity contribution in [2.45, 2.75) is 0 Å². The summed E-state index contributed by atoms with van der Waals surface area (Å²) < 4.78 is 22.2. The second-order valence-electron chi connectivity index (χ2n) is 6.81. The smallest absolute Gasteiger partial charge is 0.262 e. The molecular weight excluding hydrogens is 408 g/mol. The number of anilines is 1. The van der Waals surface area contributed by atoms with Crippen molar-refractivity contribution in [3.05, 3.63) is 79.0 Å². The van der Waals surface area contributed by atoms with Gasteiger partial charge in [-0.1, -0.05) is 18.2 Å². The SMILES string of the molecule is COc1cc2nccc(Oc3ccc(NC(=O)COc4ccccc4)cc3)c2cc1OC. The van der Waals surface area contributed by atoms with E-state index in [4.69, 9.17) is 18.9 Å². The lowest BCUT2D eigenvalue weighted by Gasteiger charge is -2.13. The Morgan fingerprint density at radius 3 is 2.28 bits per heavy atom. The maximum Gasteiger partial charge on any atom is 0.262 e. The first kappa shape index (κ1) is 21.0. The van der Waals surface area contributed by atoms with E-state index in [1.807, 2.05) is 24.3 Å². The van der Waals surface area contributed by atoms with E-state index in [9.17, 15) is 4.79 Å². The summed E-state index contributed by atoms with van der Waals surface area (Å²) in [5, 5.41) is 3.59. The summed E-state index contributed by atoms with van der Waals surface area (Å²) in [6.07, 6.45) is 1.67. The number of methoxy groups -OCH3 is 2. The van der Waals surface area contributed by atoms with Gasteiger partial charge in [0.25, 0.3) is 5.91 Å². The molecule has 0 atom stereocenters. The van der Waals surface area contributed by atoms with E-state index in [0.29, 0.717) is 34.4 Å². The number of fused-ring (bicyclic) bond motifs is 1. The van der Waals surface area contributed by atoms with Crippen molar-refractivity contribution in [1.29, 1.82) is 0 Å². The van der Waals surface area contributed by atoms with Crippen LogP contribution in [0.2, 0.25) is 0 Å². The molecule has 0 unspecified atom stereocenters. The number of ether oxygens (including phenoxy) is 4. The molecule has 0 aliphatic carbocycles. The monoisotopic (exact) mass is 430 g/mol. The van der Waals surface area contributed by atoms with E-state index in [2.05, 4.69) is 10.3 Å². The van der Waals surface area contributed by atoms with Gasteiger partial charge in [0.05, 0.1) is 19.7 Å². The molecule has 0 saturated heterocycles. The van der Waals surface area contributed by atoms with Gasteiger partial charge in [0.2, 0.25) is 0 Å². The summed E-state index contributed by atoms with van der Waals surface area (Å²) in [6.45, 7) is -0.0729. The number of benzene rings is 3. The fourth-order valence-corrected chi connectivity index (χ4v) is 3.13. The quantitative estimate of drug-likeness (QED) is 0.421. The van der Waals surface area contributed by atoms with E-state index in [1.54, 1.807) is 68.9 Å². The third-order valence-electron chi connectivity index (χ3n) is 4.69. The molecule has 0 aliphatic heterocycles. The summed E-state index contributed by atoms with van der Waals surface area (Å²) >= 11 is 0. The lowest BCUT2D eigenvalue weighted by Crippen LogP contribution is -2.20. The average Bonchev–Trinajstić information content (AvgIpc) is 2.84. The summed E-state index contributed by atoms with van der Waals surface area (Å²) in [6, 6.07) is 21.7. The van der Waals surface area contributed by atoms with Gasteiger partial charge < -0.3 is 24.3 Å². The molecule has 1 aromatic heterocycles. The number of aromatic nitrogens is 1. The minimum absolute atomic E-state index is 0.0729. The molecule has 4 aromatic rings. The van der Waals surface area contributed by atoms with Crippen molar-refractivity contribution in [3.63, 3.8) is 0 Å². The zero-order valence-corrected chi connectivity index (χ0v) is 17.7. The Bertz CT molecular complexity index is 1210. The number of nitrogens with one attached hydrogen (secondary N) is 1. The highest BCUT2D eigenvalue weighted by Gasteiger charge is 2.11. The molecule has 0 bridgehead atoms. The predicted molar refractivity (Wildman–Crippen MR) is 122 cm³/mol. The number of amides is 1. The van der Waals surface area contributed by atoms with Gasteiger partial charge in [-0.05, 0) is 48.5 Å². The van der Waals surface area contributed by atoms with Crippen molar-refractivity contribution in [2.24, 2.45) is 0 Å². The number of hydrogen-bond donors (Lipinski definition) is 1. The highest BCUT2D eigenvalue weighted by atomic mass is 16.5. The molecule has 4 rings (SSSR count). The Kier molecular flexibility index (Phi) is 6.36. The molecule has 0 fully saturated rings. The Hall–Kier alpha value is -4.26. The highest BCUT2D eigenvalue weighted by Crippen LogP contribution is 2.36. The summed E-state index contributed by atoms with van der Waals surface area (Å²) in [4.78, 5) is 16.5. The predicted octanol–water partition coefficient (Wildman–Crippen LogP) is 5.06. The van der Waals surface area contributed by atoms with Gasteiger partial charge in [-0.2, -0.15) is 0 Å². The van der Waals surface area contributed by atoms with Gasteiger partial charge >= 0.3 is 0 Å². The van der Waals surface area contributed by atoms with Crippen molar-refractivity contribution in [3.8, 4) is 28.7 Å². The van der Waals surface area contributed by atoms with Crippen LogP contribution in [0, 0.1) is 0 Å². The lowest BCUT2D eigenvalue weighted by molar-refractivity contribution is -0.118. The number of carbonyl (C=O) groups is 1. The van der Waals surface area contributed by atoms with Gasteiger partial charge in [-0.25, -0.2) is 0 Å². The highest BCUT2D eigenvalue weighted by molar-refractivity contribution is 5.92. The molecule has 162 valence electrons. The molecule has 1 heterocycles. The topological polar surface area (TPSA) is 78.9 Å². The van der Waals surface area contributed by atoms with Gasteiger partial charge in [0, 0.05) is 23.3 Å². The van der Waals surface area contributed by atoms with Crippen LogP contribution >= 0.6 is 0 Å². The van der Waals surface area contributed by atoms with E-state index < -0.39 is 0 Å². The molecule has 3 aromatic carbocycles. The van der Waals surface area contributed by atoms with Crippen LogP contribution in [-0.4, -0.2) is 31.7 Å². The second-order valence-corrected chi connectivity index (χ2v) is 6.81. The number of carbonyl (C=O) groups excluding carboxylic acids is 1. The number of nitrogens with zero attached hydrogens (tertiary/aromatic N) is 1. The average molecular weight is 430 g/mol. The summed E-state index contributed by atoms with van der Waals surface area (Å²) in [7, 11) is 3.16. The van der Waals surface area contributed by atoms with Crippen molar-refractivity contribution < 1.29 is 23.7 Å². The Balaban J connectivity index is 1.43. The standard InChI is InChI=1S/C25H22N2O5/c1-29-23-14-20-21(15-24(23)30-2)26-13-12-22(20)32-19-10-8-17(9-11-19)27-25(28)16-31-18-6-4-3-5-7-18/h3-15H,16H2,1-2H3,(H,27,28). The fraction of sp³-hybridized carbons (Fsp3) is 0.120. The maximum atomic E-state index is 12.1. The zero-order valence-electron chi connectivity index (χ0n) is 17.7. The normalized spacial score (nSPS) is 10.4. The van der Waals surface area contributed by atoms with Crippen LogP contribution < -0.4 is 24.3 Å². The first-order valence-corrected chi connectivity index (χ1v) is 9.92. The number of hydrogen-bond acceptors (Lipinski definition) is 6. The summed E-state index contributed by atoms with van der Waals surface area (Å²) in [5.74, 6) is 2.83. The number of para-hydroxylation sites is 1. The first-order chi connectivity index (χ1) is 15.7. The van der Waals surface area contributed by atoms with Crippen LogP contribution in [0.5, 0.6) is 28.7 Å². The van der Waals surface area contributed by atoms with Gasteiger partial charge in [0.15, 0.2) is 18.1 Å². The second kappa shape index (κ2) is 9.70. The van der Waals surface area contributed by atoms with E-state index in [1.165, 1.54) is 0 Å². The van der Waals surface area contributed by atoms with Gasteiger partial charge in [-0.15, -0.1) is 0 Å². The Morgan fingerprint density at radius 1 is 0.844 bits per heavy atom. The van der Waals surface area contributed by atoms with Crippen molar-refractivity contribution in [1.82, 2.24) is 4.98 Å². The van der Waals surface area contributed by atoms with Crippen LogP contribution in [-0.2, 0) is 4.79 Å². The van der Waals surface area contributed by atoms with E-state index in [0.717, 1.165) is 10.9 Å². The van der Waals surface area contributed by atoms with Crippen LogP contribution in [0.25, 0.3) is 10.9 Å². The fourth-order valence-electron chi connectivity index (χ4n) is 3.13. The van der Waals surface area contributed by atoms with Crippen LogP contribution in [0.3, 0.4) is 0 Å². The molecule has 0 spiro atoms. The van der Waals surface area contributed by atoms with Crippen molar-refractivity contribution >= 4 is 22.5 Å². The third-order valence-corrected chi connectivity index (χ3v) is 4.69. The lowest BCUT2D eigenvalue weighted by atomic mass is 10.2. The molecule has 32 heavy (non-hydrogen) atoms. The number of pyridine rings is 1. The molecule has 0 radical (unpaired) electrons. The summed E-state index contributed by atoms with van der Waals surface area (Å²) in [5.41, 5.74) is 1.37. The minimum atomic E-state index is -0.247. The first-order valence-electron chi connectivity index (χ1n) is 9.92. The Morgan fingerprint density at radius 2 is 1.56 bits per heavy atom. The van der Waals surface area contributed by atoms with E-state index >= 15 is 0 Å². The molecule has 0 saturated carbocycles. The molecule has 7 nitrogen and oxygen atoms in total. The minimum Gasteiger partial charge on any atom is -0.493 e. The van der Waals surface area contributed by atoms with Crippen LogP contribution in [0.1, 0.15) is 0 Å². The van der Waals surface area contributed by atoms with Crippen LogP contribution in [0.15, 0.2) is 79.0 Å². The third kappa shape index (κ3) is 4.89. The zero-order chi connectivity index (χ0) is 22.3. The molecule has 0 aliphatic rings. The largest absolute Gasteiger partial charge is 0.493 e. The Labute approximate surface area is 185 Å². The van der Waals surface area contributed by atoms with Crippen LogP contribution in [0.4, 0.5) is 5.69 Å². The number of rotatable bonds is 8. The maximum absolute atomic E-state index is 12.1. The van der Waals surface area contributed by atoms with Gasteiger partial charge in [0.1, 0.15) is 17.2 Å². The molecule has 7 heteroatoms. The molecule has 1 amide bonds. The van der Waals surface area contributed by atoms with E-state index in [-0.39, 0.29) is 12.5 Å². The van der Waals surface area contributed by atoms with Crippen molar-refractivity contribution in [2.75, 3.05) is 26.1 Å².